The molecule has 1 amide bonds. The summed E-state index contributed by atoms with van der Waals surface area (Å²) in [6.07, 6.45) is 3.60. The average molecular weight is 375 g/mol. The lowest BCUT2D eigenvalue weighted by molar-refractivity contribution is -0.129. The molecule has 0 aliphatic carbocycles. The first-order chi connectivity index (χ1) is 12.1. The summed E-state index contributed by atoms with van der Waals surface area (Å²) in [7, 11) is 0. The van der Waals surface area contributed by atoms with Crippen molar-refractivity contribution in [1.29, 1.82) is 0 Å². The number of likely N-dealkylation sites (tertiary alicyclic amines) is 1. The Morgan fingerprint density at radius 2 is 2.16 bits per heavy atom. The van der Waals surface area contributed by atoms with Crippen molar-refractivity contribution in [2.45, 2.75) is 24.8 Å². The molecule has 1 aromatic carbocycles. The number of halogens is 1. The number of benzene rings is 1. The highest BCUT2D eigenvalue weighted by atomic mass is 32.2. The second kappa shape index (κ2) is 6.88. The fraction of sp³-hybridized carbons (Fsp3) is 0.389. The minimum Gasteiger partial charge on any atom is -0.342 e. The van der Waals surface area contributed by atoms with Crippen LogP contribution in [0.5, 0.6) is 0 Å². The third-order valence-electron chi connectivity index (χ3n) is 4.66. The Morgan fingerprint density at radius 1 is 1.36 bits per heavy atom. The predicted octanol–water partition coefficient (Wildman–Crippen LogP) is 4.33. The van der Waals surface area contributed by atoms with Crippen molar-refractivity contribution in [3.63, 3.8) is 0 Å². The first-order valence-electron chi connectivity index (χ1n) is 8.36. The van der Waals surface area contributed by atoms with E-state index in [2.05, 4.69) is 16.9 Å². The number of rotatable bonds is 3. The van der Waals surface area contributed by atoms with Crippen LogP contribution in [0.4, 0.5) is 4.39 Å². The minimum atomic E-state index is -0.267. The van der Waals surface area contributed by atoms with Crippen LogP contribution >= 0.6 is 23.1 Å². The molecule has 4 nitrogen and oxygen atoms in total. The van der Waals surface area contributed by atoms with Crippen molar-refractivity contribution in [1.82, 2.24) is 14.9 Å². The van der Waals surface area contributed by atoms with Crippen LogP contribution in [0.1, 0.15) is 19.8 Å². The van der Waals surface area contributed by atoms with Gasteiger partial charge in [0.15, 0.2) is 0 Å². The van der Waals surface area contributed by atoms with Crippen molar-refractivity contribution in [3.05, 3.63) is 30.3 Å². The van der Waals surface area contributed by atoms with E-state index in [-0.39, 0.29) is 11.7 Å². The molecule has 2 aromatic heterocycles. The third kappa shape index (κ3) is 3.22. The summed E-state index contributed by atoms with van der Waals surface area (Å²) in [6.45, 7) is 3.91. The molecule has 3 heterocycles. The molecule has 0 spiro atoms. The standard InChI is InChI=1S/C18H18FN3OS2/c1-11-5-7-22(8-6-11)14(23)9-24-18-17-16(20-10-21-18)15-12(19)3-2-4-13(15)25-17/h2-4,10-11H,5-9H2,1H3. The number of fused-ring (bicyclic) bond motifs is 3. The van der Waals surface area contributed by atoms with Crippen LogP contribution in [-0.4, -0.2) is 39.6 Å². The monoisotopic (exact) mass is 375 g/mol. The Hall–Kier alpha value is -1.73. The smallest absolute Gasteiger partial charge is 0.232 e. The molecule has 0 radical (unpaired) electrons. The van der Waals surface area contributed by atoms with Crippen LogP contribution in [-0.2, 0) is 4.79 Å². The lowest BCUT2D eigenvalue weighted by Crippen LogP contribution is -2.38. The van der Waals surface area contributed by atoms with Crippen molar-refractivity contribution in [2.75, 3.05) is 18.8 Å². The molecule has 1 saturated heterocycles. The molecular formula is C18H18FN3OS2. The highest BCUT2D eigenvalue weighted by Crippen LogP contribution is 2.38. The molecule has 7 heteroatoms. The summed E-state index contributed by atoms with van der Waals surface area (Å²) < 4.78 is 15.9. The summed E-state index contributed by atoms with van der Waals surface area (Å²) >= 11 is 2.90. The SMILES string of the molecule is CC1CCN(C(=O)CSc2ncnc3c2sc2cccc(F)c23)CC1. The Labute approximate surface area is 153 Å². The van der Waals surface area contributed by atoms with E-state index in [1.54, 1.807) is 6.07 Å². The predicted molar refractivity (Wildman–Crippen MR) is 101 cm³/mol. The van der Waals surface area contributed by atoms with Gasteiger partial charge < -0.3 is 4.90 Å². The number of thioether (sulfide) groups is 1. The third-order valence-corrected chi connectivity index (χ3v) is 6.92. The molecule has 25 heavy (non-hydrogen) atoms. The van der Waals surface area contributed by atoms with Gasteiger partial charge in [0, 0.05) is 17.8 Å². The van der Waals surface area contributed by atoms with Crippen molar-refractivity contribution >= 4 is 49.3 Å². The minimum absolute atomic E-state index is 0.149. The molecule has 1 aliphatic heterocycles. The van der Waals surface area contributed by atoms with Gasteiger partial charge in [-0.3, -0.25) is 4.79 Å². The Morgan fingerprint density at radius 3 is 2.96 bits per heavy atom. The van der Waals surface area contributed by atoms with Gasteiger partial charge in [0.05, 0.1) is 21.4 Å². The van der Waals surface area contributed by atoms with E-state index >= 15 is 0 Å². The summed E-state index contributed by atoms with van der Waals surface area (Å²) in [4.78, 5) is 23.0. The largest absolute Gasteiger partial charge is 0.342 e. The molecule has 130 valence electrons. The summed E-state index contributed by atoms with van der Waals surface area (Å²) in [5.74, 6) is 0.941. The molecule has 1 fully saturated rings. The number of piperidine rings is 1. The number of carbonyl (C=O) groups excluding carboxylic acids is 1. The summed E-state index contributed by atoms with van der Waals surface area (Å²) in [5, 5.41) is 1.30. The van der Waals surface area contributed by atoms with Crippen molar-refractivity contribution in [3.8, 4) is 0 Å². The first-order valence-corrected chi connectivity index (χ1v) is 10.2. The topological polar surface area (TPSA) is 46.1 Å². The zero-order valence-corrected chi connectivity index (χ0v) is 15.5. The molecule has 0 N–H and O–H groups in total. The molecular weight excluding hydrogens is 357 g/mol. The van der Waals surface area contributed by atoms with Crippen LogP contribution in [0, 0.1) is 11.7 Å². The lowest BCUT2D eigenvalue weighted by Gasteiger charge is -2.30. The first kappa shape index (κ1) is 16.7. The van der Waals surface area contributed by atoms with E-state index in [4.69, 9.17) is 0 Å². The molecule has 1 aliphatic rings. The second-order valence-electron chi connectivity index (χ2n) is 6.42. The maximum absolute atomic E-state index is 14.1. The zero-order chi connectivity index (χ0) is 17.4. The van der Waals surface area contributed by atoms with E-state index in [1.165, 1.54) is 35.5 Å². The number of hydrogen-bond acceptors (Lipinski definition) is 5. The van der Waals surface area contributed by atoms with Crippen LogP contribution < -0.4 is 0 Å². The summed E-state index contributed by atoms with van der Waals surface area (Å²) in [6, 6.07) is 5.04. The molecule has 0 atom stereocenters. The van der Waals surface area contributed by atoms with Gasteiger partial charge in [0.2, 0.25) is 5.91 Å². The average Bonchev–Trinajstić information content (AvgIpc) is 3.00. The van der Waals surface area contributed by atoms with Gasteiger partial charge in [-0.25, -0.2) is 14.4 Å². The van der Waals surface area contributed by atoms with Crippen LogP contribution in [0.2, 0.25) is 0 Å². The maximum atomic E-state index is 14.1. The maximum Gasteiger partial charge on any atom is 0.232 e. The Kier molecular flexibility index (Phi) is 4.60. The van der Waals surface area contributed by atoms with Gasteiger partial charge >= 0.3 is 0 Å². The number of aromatic nitrogens is 2. The fourth-order valence-electron chi connectivity index (χ4n) is 3.14. The van der Waals surface area contributed by atoms with E-state index < -0.39 is 0 Å². The highest BCUT2D eigenvalue weighted by Gasteiger charge is 2.21. The zero-order valence-electron chi connectivity index (χ0n) is 13.9. The van der Waals surface area contributed by atoms with Crippen molar-refractivity contribution < 1.29 is 9.18 Å². The number of nitrogens with zero attached hydrogens (tertiary/aromatic N) is 3. The molecule has 0 bridgehead atoms. The van der Waals surface area contributed by atoms with Crippen LogP contribution in [0.15, 0.2) is 29.6 Å². The Balaban J connectivity index is 1.57. The molecule has 3 aromatic rings. The van der Waals surface area contributed by atoms with E-state index in [0.717, 1.165) is 40.4 Å². The number of amides is 1. The number of carbonyl (C=O) groups is 1. The lowest BCUT2D eigenvalue weighted by atomic mass is 9.99. The van der Waals surface area contributed by atoms with Gasteiger partial charge in [-0.15, -0.1) is 11.3 Å². The quantitative estimate of drug-likeness (QED) is 0.505. The van der Waals surface area contributed by atoms with Crippen molar-refractivity contribution in [2.24, 2.45) is 5.92 Å². The normalized spacial score (nSPS) is 16.0. The van der Waals surface area contributed by atoms with Gasteiger partial charge in [-0.1, -0.05) is 24.8 Å². The Bertz CT molecular complexity index is 935. The molecule has 0 saturated carbocycles. The van der Waals surface area contributed by atoms with E-state index in [9.17, 15) is 9.18 Å². The van der Waals surface area contributed by atoms with Gasteiger partial charge in [-0.2, -0.15) is 0 Å². The van der Waals surface area contributed by atoms with Gasteiger partial charge in [-0.05, 0) is 30.9 Å². The number of thiophene rings is 1. The van der Waals surface area contributed by atoms with Crippen LogP contribution in [0.3, 0.4) is 0 Å². The molecule has 4 rings (SSSR count). The van der Waals surface area contributed by atoms with Crippen LogP contribution in [0.25, 0.3) is 20.3 Å². The fourth-order valence-corrected chi connectivity index (χ4v) is 5.29. The number of hydrogen-bond donors (Lipinski definition) is 0. The van der Waals surface area contributed by atoms with Gasteiger partial charge in [0.25, 0.3) is 0 Å². The highest BCUT2D eigenvalue weighted by molar-refractivity contribution is 8.00. The van der Waals surface area contributed by atoms with E-state index in [1.807, 2.05) is 11.0 Å². The van der Waals surface area contributed by atoms with E-state index in [0.29, 0.717) is 22.6 Å². The van der Waals surface area contributed by atoms with Gasteiger partial charge in [0.1, 0.15) is 17.2 Å². The molecule has 0 unspecified atom stereocenters. The second-order valence-corrected chi connectivity index (χ2v) is 8.44. The summed E-state index contributed by atoms with van der Waals surface area (Å²) in [5.41, 5.74) is 0.634.